The molecular weight excluding hydrogens is 352 g/mol. The fraction of sp³-hybridized carbons (Fsp3) is 0.500. The van der Waals surface area contributed by atoms with Gasteiger partial charge in [-0.3, -0.25) is 9.59 Å². The first-order chi connectivity index (χ1) is 11.2. The molecule has 2 aliphatic heterocycles. The average Bonchev–Trinajstić information content (AvgIpc) is 2.99. The van der Waals surface area contributed by atoms with Gasteiger partial charge in [-0.1, -0.05) is 17.7 Å². The van der Waals surface area contributed by atoms with Crippen LogP contribution in [0.4, 0.5) is 5.69 Å². The smallest absolute Gasteiger partial charge is 0.227 e. The molecule has 0 bridgehead atoms. The molecule has 2 amide bonds. The van der Waals surface area contributed by atoms with E-state index in [4.69, 9.17) is 11.6 Å². The number of amides is 2. The summed E-state index contributed by atoms with van der Waals surface area (Å²) in [6.45, 7) is 2.01. The van der Waals surface area contributed by atoms with Gasteiger partial charge in [-0.25, -0.2) is 8.42 Å². The van der Waals surface area contributed by atoms with Gasteiger partial charge in [-0.2, -0.15) is 0 Å². The summed E-state index contributed by atoms with van der Waals surface area (Å²) in [4.78, 5) is 26.3. The summed E-state index contributed by atoms with van der Waals surface area (Å²) in [6.07, 6.45) is 0.515. The number of rotatable bonds is 3. The summed E-state index contributed by atoms with van der Waals surface area (Å²) < 4.78 is 23.3. The first kappa shape index (κ1) is 17.2. The molecule has 24 heavy (non-hydrogen) atoms. The standard InChI is InChI=1S/C16H19ClN2O4S/c1-16(5-6-24(22,23)10-16)18-15(21)11-7-14(20)19(9-11)13-4-2-3-12(17)8-13/h2-4,8,11H,5-7,9-10H2,1H3,(H,18,21)/t11-,16-/m1/s1. The number of carbonyl (C=O) groups is 2. The lowest BCUT2D eigenvalue weighted by molar-refractivity contribution is -0.127. The molecule has 0 aromatic heterocycles. The topological polar surface area (TPSA) is 83.6 Å². The third kappa shape index (κ3) is 3.57. The van der Waals surface area contributed by atoms with Gasteiger partial charge in [0, 0.05) is 23.7 Å². The minimum absolute atomic E-state index is 0.0512. The second-order valence-corrected chi connectivity index (χ2v) is 9.40. The Morgan fingerprint density at radius 3 is 2.79 bits per heavy atom. The average molecular weight is 371 g/mol. The number of anilines is 1. The van der Waals surface area contributed by atoms with Crippen molar-refractivity contribution in [2.24, 2.45) is 5.92 Å². The van der Waals surface area contributed by atoms with Crippen LogP contribution in [-0.2, 0) is 19.4 Å². The van der Waals surface area contributed by atoms with Crippen LogP contribution in [-0.4, -0.2) is 43.8 Å². The largest absolute Gasteiger partial charge is 0.350 e. The van der Waals surface area contributed by atoms with Crippen LogP contribution >= 0.6 is 11.6 Å². The number of hydrogen-bond donors (Lipinski definition) is 1. The van der Waals surface area contributed by atoms with Gasteiger partial charge < -0.3 is 10.2 Å². The van der Waals surface area contributed by atoms with Crippen molar-refractivity contribution >= 4 is 38.9 Å². The Hall–Kier alpha value is -1.60. The van der Waals surface area contributed by atoms with Crippen molar-refractivity contribution in [1.82, 2.24) is 5.32 Å². The number of carbonyl (C=O) groups excluding carboxylic acids is 2. The maximum Gasteiger partial charge on any atom is 0.227 e. The summed E-state index contributed by atoms with van der Waals surface area (Å²) in [5.41, 5.74) is -0.0833. The molecule has 1 aromatic carbocycles. The monoisotopic (exact) mass is 370 g/mol. The highest BCUT2D eigenvalue weighted by molar-refractivity contribution is 7.91. The lowest BCUT2D eigenvalue weighted by Gasteiger charge is -2.25. The van der Waals surface area contributed by atoms with E-state index in [1.165, 1.54) is 0 Å². The fourth-order valence-electron chi connectivity index (χ4n) is 3.29. The summed E-state index contributed by atoms with van der Waals surface area (Å²) in [5, 5.41) is 3.36. The highest BCUT2D eigenvalue weighted by Crippen LogP contribution is 2.29. The SMILES string of the molecule is C[C@@]1(NC(=O)[C@@H]2CC(=O)N(c3cccc(Cl)c3)C2)CCS(=O)(=O)C1. The van der Waals surface area contributed by atoms with Crippen molar-refractivity contribution in [2.45, 2.75) is 25.3 Å². The number of hydrogen-bond acceptors (Lipinski definition) is 4. The summed E-state index contributed by atoms with van der Waals surface area (Å²) in [7, 11) is -3.10. The zero-order valence-electron chi connectivity index (χ0n) is 13.3. The molecule has 0 spiro atoms. The van der Waals surface area contributed by atoms with E-state index in [1.807, 2.05) is 0 Å². The van der Waals surface area contributed by atoms with Crippen LogP contribution in [0.25, 0.3) is 0 Å². The van der Waals surface area contributed by atoms with Crippen LogP contribution in [0, 0.1) is 5.92 Å². The van der Waals surface area contributed by atoms with Gasteiger partial charge in [0.2, 0.25) is 11.8 Å². The van der Waals surface area contributed by atoms with Gasteiger partial charge in [-0.05, 0) is 31.5 Å². The van der Waals surface area contributed by atoms with E-state index in [9.17, 15) is 18.0 Å². The van der Waals surface area contributed by atoms with E-state index in [-0.39, 0.29) is 36.3 Å². The Morgan fingerprint density at radius 2 is 2.17 bits per heavy atom. The van der Waals surface area contributed by atoms with Crippen LogP contribution in [0.1, 0.15) is 19.8 Å². The van der Waals surface area contributed by atoms with Crippen molar-refractivity contribution in [3.05, 3.63) is 29.3 Å². The molecule has 1 aromatic rings. The summed E-state index contributed by atoms with van der Waals surface area (Å²) >= 11 is 5.95. The maximum absolute atomic E-state index is 12.5. The molecule has 0 aliphatic carbocycles. The Labute approximate surface area is 146 Å². The Bertz CT molecular complexity index is 795. The molecular formula is C16H19ClN2O4S. The van der Waals surface area contributed by atoms with Gasteiger partial charge in [0.05, 0.1) is 23.0 Å². The molecule has 0 unspecified atom stereocenters. The molecule has 1 N–H and O–H groups in total. The van der Waals surface area contributed by atoms with E-state index >= 15 is 0 Å². The van der Waals surface area contributed by atoms with Crippen LogP contribution in [0.15, 0.2) is 24.3 Å². The summed E-state index contributed by atoms with van der Waals surface area (Å²) in [6, 6.07) is 6.93. The Balaban J connectivity index is 1.68. The second kappa shape index (κ2) is 6.04. The molecule has 2 fully saturated rings. The third-order valence-corrected chi connectivity index (χ3v) is 6.68. The lowest BCUT2D eigenvalue weighted by Crippen LogP contribution is -2.49. The van der Waals surface area contributed by atoms with Gasteiger partial charge in [0.25, 0.3) is 0 Å². The molecule has 2 aliphatic rings. The molecule has 6 nitrogen and oxygen atoms in total. The molecule has 0 radical (unpaired) electrons. The van der Waals surface area contributed by atoms with Gasteiger partial charge in [0.15, 0.2) is 9.84 Å². The highest BCUT2D eigenvalue weighted by Gasteiger charge is 2.42. The fourth-order valence-corrected chi connectivity index (χ4v) is 5.56. The van der Waals surface area contributed by atoms with Crippen LogP contribution in [0.2, 0.25) is 5.02 Å². The van der Waals surface area contributed by atoms with Gasteiger partial charge in [-0.15, -0.1) is 0 Å². The van der Waals surface area contributed by atoms with Crippen molar-refractivity contribution < 1.29 is 18.0 Å². The zero-order chi connectivity index (χ0) is 17.5. The van der Waals surface area contributed by atoms with Crippen molar-refractivity contribution in [3.63, 3.8) is 0 Å². The minimum atomic E-state index is -3.10. The number of sulfone groups is 1. The second-order valence-electron chi connectivity index (χ2n) is 6.78. The number of halogens is 1. The van der Waals surface area contributed by atoms with Crippen molar-refractivity contribution in [2.75, 3.05) is 23.0 Å². The predicted octanol–water partition coefficient (Wildman–Crippen LogP) is 1.39. The third-order valence-electron chi connectivity index (χ3n) is 4.54. The van der Waals surface area contributed by atoms with E-state index in [1.54, 1.807) is 36.1 Å². The molecule has 0 saturated carbocycles. The van der Waals surface area contributed by atoms with Crippen LogP contribution in [0.5, 0.6) is 0 Å². The van der Waals surface area contributed by atoms with Crippen LogP contribution in [0.3, 0.4) is 0 Å². The normalized spacial score (nSPS) is 29.0. The Morgan fingerprint density at radius 1 is 1.42 bits per heavy atom. The molecule has 2 heterocycles. The van der Waals surface area contributed by atoms with E-state index < -0.39 is 21.3 Å². The summed E-state index contributed by atoms with van der Waals surface area (Å²) in [5.74, 6) is -0.863. The molecule has 130 valence electrons. The predicted molar refractivity (Wildman–Crippen MR) is 91.7 cm³/mol. The molecule has 3 rings (SSSR count). The van der Waals surface area contributed by atoms with E-state index in [2.05, 4.69) is 5.32 Å². The molecule has 2 saturated heterocycles. The maximum atomic E-state index is 12.5. The van der Waals surface area contributed by atoms with Gasteiger partial charge in [0.1, 0.15) is 0 Å². The van der Waals surface area contributed by atoms with Crippen molar-refractivity contribution in [3.8, 4) is 0 Å². The Kier molecular flexibility index (Phi) is 4.34. The zero-order valence-corrected chi connectivity index (χ0v) is 14.9. The van der Waals surface area contributed by atoms with Crippen LogP contribution < -0.4 is 10.2 Å². The number of nitrogens with zero attached hydrogens (tertiary/aromatic N) is 1. The quantitative estimate of drug-likeness (QED) is 0.871. The highest BCUT2D eigenvalue weighted by atomic mass is 35.5. The van der Waals surface area contributed by atoms with E-state index in [0.29, 0.717) is 17.1 Å². The first-order valence-corrected chi connectivity index (χ1v) is 9.96. The first-order valence-electron chi connectivity index (χ1n) is 7.76. The molecule has 8 heteroatoms. The van der Waals surface area contributed by atoms with Crippen molar-refractivity contribution in [1.29, 1.82) is 0 Å². The lowest BCUT2D eigenvalue weighted by atomic mass is 9.99. The van der Waals surface area contributed by atoms with E-state index in [0.717, 1.165) is 0 Å². The minimum Gasteiger partial charge on any atom is -0.350 e. The molecule has 2 atom stereocenters. The number of nitrogens with one attached hydrogen (secondary N) is 1. The van der Waals surface area contributed by atoms with Gasteiger partial charge >= 0.3 is 0 Å². The number of benzene rings is 1.